The molecule has 0 saturated heterocycles. The highest BCUT2D eigenvalue weighted by Crippen LogP contribution is 2.32. The Bertz CT molecular complexity index is 735. The number of ether oxygens (including phenoxy) is 1. The van der Waals surface area contributed by atoms with Crippen molar-refractivity contribution in [1.82, 2.24) is 0 Å². The maximum Gasteiger partial charge on any atom is 0.337 e. The second kappa shape index (κ2) is 7.97. The van der Waals surface area contributed by atoms with Crippen molar-refractivity contribution in [2.75, 3.05) is 12.4 Å². The van der Waals surface area contributed by atoms with E-state index in [-0.39, 0.29) is 5.91 Å². The molecule has 0 aliphatic heterocycles. The molecular formula is C21H25NO3. The lowest BCUT2D eigenvalue weighted by Gasteiger charge is -2.20. The van der Waals surface area contributed by atoms with Crippen molar-refractivity contribution in [2.45, 2.75) is 39.5 Å². The Morgan fingerprint density at radius 1 is 0.840 bits per heavy atom. The van der Waals surface area contributed by atoms with Crippen LogP contribution in [0.1, 0.15) is 71.4 Å². The topological polar surface area (TPSA) is 55.4 Å². The number of carbonyl (C=O) groups excluding carboxylic acids is 2. The summed E-state index contributed by atoms with van der Waals surface area (Å²) in [7, 11) is 1.33. The minimum Gasteiger partial charge on any atom is -0.465 e. The van der Waals surface area contributed by atoms with Crippen LogP contribution in [-0.4, -0.2) is 19.0 Å². The lowest BCUT2D eigenvalue weighted by atomic mass is 9.92. The molecule has 0 spiro atoms. The third-order valence-electron chi connectivity index (χ3n) is 4.18. The van der Waals surface area contributed by atoms with Crippen LogP contribution in [0.5, 0.6) is 0 Å². The Labute approximate surface area is 149 Å². The van der Waals surface area contributed by atoms with E-state index >= 15 is 0 Å². The maximum absolute atomic E-state index is 12.7. The van der Waals surface area contributed by atoms with Gasteiger partial charge in [-0.15, -0.1) is 0 Å². The van der Waals surface area contributed by atoms with E-state index in [1.165, 1.54) is 7.11 Å². The van der Waals surface area contributed by atoms with Crippen LogP contribution in [-0.2, 0) is 4.74 Å². The van der Waals surface area contributed by atoms with Crippen LogP contribution in [0.15, 0.2) is 42.5 Å². The highest BCUT2D eigenvalue weighted by atomic mass is 16.5. The van der Waals surface area contributed by atoms with Gasteiger partial charge in [0.2, 0.25) is 0 Å². The maximum atomic E-state index is 12.7. The van der Waals surface area contributed by atoms with E-state index in [2.05, 4.69) is 37.7 Å². The molecular weight excluding hydrogens is 314 g/mol. The van der Waals surface area contributed by atoms with E-state index in [0.29, 0.717) is 23.0 Å². The van der Waals surface area contributed by atoms with Crippen LogP contribution >= 0.6 is 0 Å². The molecule has 4 heteroatoms. The molecule has 0 aliphatic carbocycles. The number of hydrogen-bond donors (Lipinski definition) is 1. The molecule has 0 unspecified atom stereocenters. The summed E-state index contributed by atoms with van der Waals surface area (Å²) in [5.74, 6) is -0.00276. The summed E-state index contributed by atoms with van der Waals surface area (Å²) in [5, 5.41) is 3.07. The second-order valence-electron chi connectivity index (χ2n) is 6.64. The number of esters is 1. The largest absolute Gasteiger partial charge is 0.465 e. The first-order valence-corrected chi connectivity index (χ1v) is 8.47. The van der Waals surface area contributed by atoms with Gasteiger partial charge >= 0.3 is 5.97 Å². The van der Waals surface area contributed by atoms with Gasteiger partial charge in [-0.2, -0.15) is 0 Å². The first kappa shape index (κ1) is 18.7. The predicted molar refractivity (Wildman–Crippen MR) is 100 cm³/mol. The molecule has 132 valence electrons. The average Bonchev–Trinajstić information content (AvgIpc) is 2.60. The SMILES string of the molecule is COC(=O)c1ccc(C(=O)Nc2c(C(C)C)cccc2C(C)C)cc1. The van der Waals surface area contributed by atoms with Crippen molar-refractivity contribution >= 4 is 17.6 Å². The number of amides is 1. The fourth-order valence-corrected chi connectivity index (χ4v) is 2.76. The highest BCUT2D eigenvalue weighted by molar-refractivity contribution is 6.05. The quantitative estimate of drug-likeness (QED) is 0.782. The van der Waals surface area contributed by atoms with E-state index in [0.717, 1.165) is 16.8 Å². The summed E-state index contributed by atoms with van der Waals surface area (Å²) < 4.78 is 4.68. The van der Waals surface area contributed by atoms with E-state index < -0.39 is 5.97 Å². The monoisotopic (exact) mass is 339 g/mol. The second-order valence-corrected chi connectivity index (χ2v) is 6.64. The zero-order valence-electron chi connectivity index (χ0n) is 15.4. The molecule has 0 fully saturated rings. The van der Waals surface area contributed by atoms with Gasteiger partial charge in [0.1, 0.15) is 0 Å². The van der Waals surface area contributed by atoms with Crippen LogP contribution in [0.25, 0.3) is 0 Å². The molecule has 2 rings (SSSR count). The molecule has 25 heavy (non-hydrogen) atoms. The molecule has 1 amide bonds. The van der Waals surface area contributed by atoms with Gasteiger partial charge in [-0.25, -0.2) is 4.79 Å². The number of para-hydroxylation sites is 1. The zero-order chi connectivity index (χ0) is 18.6. The molecule has 0 atom stereocenters. The minimum absolute atomic E-state index is 0.189. The fraction of sp³-hybridized carbons (Fsp3) is 0.333. The van der Waals surface area contributed by atoms with E-state index in [9.17, 15) is 9.59 Å². The molecule has 0 saturated carbocycles. The van der Waals surface area contributed by atoms with Crippen LogP contribution in [0, 0.1) is 0 Å². The number of nitrogens with one attached hydrogen (secondary N) is 1. The summed E-state index contributed by atoms with van der Waals surface area (Å²) in [5.41, 5.74) is 4.04. The van der Waals surface area contributed by atoms with Gasteiger partial charge in [0.15, 0.2) is 0 Å². The molecule has 0 bridgehead atoms. The Kier molecular flexibility index (Phi) is 5.97. The summed E-state index contributed by atoms with van der Waals surface area (Å²) in [6.07, 6.45) is 0. The number of hydrogen-bond acceptors (Lipinski definition) is 3. The normalized spacial score (nSPS) is 10.8. The van der Waals surface area contributed by atoms with Crippen molar-refractivity contribution < 1.29 is 14.3 Å². The van der Waals surface area contributed by atoms with Gasteiger partial charge in [-0.3, -0.25) is 4.79 Å². The van der Waals surface area contributed by atoms with Crippen molar-refractivity contribution in [1.29, 1.82) is 0 Å². The van der Waals surface area contributed by atoms with Crippen LogP contribution in [0.2, 0.25) is 0 Å². The van der Waals surface area contributed by atoms with Crippen molar-refractivity contribution in [3.05, 3.63) is 64.7 Å². The summed E-state index contributed by atoms with van der Waals surface area (Å²) >= 11 is 0. The molecule has 2 aromatic rings. The number of rotatable bonds is 5. The van der Waals surface area contributed by atoms with Gasteiger partial charge in [-0.05, 0) is 47.2 Å². The lowest BCUT2D eigenvalue weighted by Crippen LogP contribution is -2.16. The van der Waals surface area contributed by atoms with Crippen molar-refractivity contribution in [2.24, 2.45) is 0 Å². The molecule has 2 aromatic carbocycles. The molecule has 0 radical (unpaired) electrons. The predicted octanol–water partition coefficient (Wildman–Crippen LogP) is 4.97. The van der Waals surface area contributed by atoms with E-state index in [1.54, 1.807) is 24.3 Å². The minimum atomic E-state index is -0.417. The van der Waals surface area contributed by atoms with Gasteiger partial charge in [0.25, 0.3) is 5.91 Å². The zero-order valence-corrected chi connectivity index (χ0v) is 15.4. The van der Waals surface area contributed by atoms with E-state index in [4.69, 9.17) is 0 Å². The molecule has 0 aliphatic rings. The molecule has 0 heterocycles. The smallest absolute Gasteiger partial charge is 0.337 e. The first-order valence-electron chi connectivity index (χ1n) is 8.47. The van der Waals surface area contributed by atoms with Crippen LogP contribution in [0.4, 0.5) is 5.69 Å². The standard InChI is InChI=1S/C21H25NO3/c1-13(2)17-7-6-8-18(14(3)4)19(17)22-20(23)15-9-11-16(12-10-15)21(24)25-5/h6-14H,1-5H3,(H,22,23). The van der Waals surface area contributed by atoms with Gasteiger partial charge < -0.3 is 10.1 Å². The molecule has 4 nitrogen and oxygen atoms in total. The average molecular weight is 339 g/mol. The number of benzene rings is 2. The third-order valence-corrected chi connectivity index (χ3v) is 4.18. The summed E-state index contributed by atoms with van der Waals surface area (Å²) in [4.78, 5) is 24.2. The first-order chi connectivity index (χ1) is 11.8. The van der Waals surface area contributed by atoms with Crippen LogP contribution in [0.3, 0.4) is 0 Å². The highest BCUT2D eigenvalue weighted by Gasteiger charge is 2.17. The Balaban J connectivity index is 2.33. The lowest BCUT2D eigenvalue weighted by molar-refractivity contribution is 0.0600. The van der Waals surface area contributed by atoms with E-state index in [1.807, 2.05) is 18.2 Å². The van der Waals surface area contributed by atoms with Gasteiger partial charge in [0, 0.05) is 11.3 Å². The van der Waals surface area contributed by atoms with Gasteiger partial charge in [-0.1, -0.05) is 45.9 Å². The molecule has 1 N–H and O–H groups in total. The fourth-order valence-electron chi connectivity index (χ4n) is 2.76. The van der Waals surface area contributed by atoms with Crippen LogP contribution < -0.4 is 5.32 Å². The van der Waals surface area contributed by atoms with Gasteiger partial charge in [0.05, 0.1) is 12.7 Å². The summed E-state index contributed by atoms with van der Waals surface area (Å²) in [6, 6.07) is 12.6. The molecule has 0 aromatic heterocycles. The third kappa shape index (κ3) is 4.27. The van der Waals surface area contributed by atoms with Crippen molar-refractivity contribution in [3.63, 3.8) is 0 Å². The number of methoxy groups -OCH3 is 1. The summed E-state index contributed by atoms with van der Waals surface area (Å²) in [6.45, 7) is 8.45. The Morgan fingerprint density at radius 3 is 1.76 bits per heavy atom. The Morgan fingerprint density at radius 2 is 1.32 bits per heavy atom. The number of anilines is 1. The van der Waals surface area contributed by atoms with Crippen molar-refractivity contribution in [3.8, 4) is 0 Å². The Hall–Kier alpha value is -2.62. The number of carbonyl (C=O) groups is 2.